The fraction of sp³-hybridized carbons (Fsp3) is 0.154. The molecule has 0 unspecified atom stereocenters. The SMILES string of the molecule is Cc1cc(=O)[nH]c(SCc2nnnn2-c2ccc(Cl)c(Cl)c2)n1. The van der Waals surface area contributed by atoms with Gasteiger partial charge in [-0.2, -0.15) is 4.68 Å². The summed E-state index contributed by atoms with van der Waals surface area (Å²) in [5.74, 6) is 1.03. The van der Waals surface area contributed by atoms with E-state index in [1.54, 1.807) is 29.8 Å². The number of rotatable bonds is 4. The average Bonchev–Trinajstić information content (AvgIpc) is 2.95. The molecule has 0 bridgehead atoms. The number of aryl methyl sites for hydroxylation is 1. The fourth-order valence-electron chi connectivity index (χ4n) is 1.87. The van der Waals surface area contributed by atoms with Crippen LogP contribution in [0.3, 0.4) is 0 Å². The lowest BCUT2D eigenvalue weighted by molar-refractivity contribution is 0.777. The van der Waals surface area contributed by atoms with Crippen LogP contribution >= 0.6 is 35.0 Å². The van der Waals surface area contributed by atoms with Crippen molar-refractivity contribution in [1.82, 2.24) is 30.2 Å². The summed E-state index contributed by atoms with van der Waals surface area (Å²) in [6.07, 6.45) is 0. The number of aromatic amines is 1. The number of thioether (sulfide) groups is 1. The Hall–Kier alpha value is -1.90. The summed E-state index contributed by atoms with van der Waals surface area (Å²) in [5, 5.41) is 13.0. The van der Waals surface area contributed by atoms with Crippen LogP contribution in [0, 0.1) is 6.92 Å². The normalized spacial score (nSPS) is 10.9. The highest BCUT2D eigenvalue weighted by Crippen LogP contribution is 2.25. The van der Waals surface area contributed by atoms with Crippen molar-refractivity contribution in [2.45, 2.75) is 17.8 Å². The number of halogens is 2. The van der Waals surface area contributed by atoms with Gasteiger partial charge in [0.15, 0.2) is 11.0 Å². The van der Waals surface area contributed by atoms with Gasteiger partial charge in [0.2, 0.25) is 0 Å². The van der Waals surface area contributed by atoms with E-state index in [4.69, 9.17) is 23.2 Å². The van der Waals surface area contributed by atoms with Gasteiger partial charge in [-0.3, -0.25) is 4.79 Å². The zero-order valence-corrected chi connectivity index (χ0v) is 14.2. The molecule has 10 heteroatoms. The summed E-state index contributed by atoms with van der Waals surface area (Å²) < 4.78 is 1.56. The molecule has 0 saturated heterocycles. The minimum absolute atomic E-state index is 0.191. The fourth-order valence-corrected chi connectivity index (χ4v) is 2.99. The van der Waals surface area contributed by atoms with Crippen molar-refractivity contribution in [1.29, 1.82) is 0 Å². The molecule has 7 nitrogen and oxygen atoms in total. The van der Waals surface area contributed by atoms with Crippen LogP contribution in [0.15, 0.2) is 34.2 Å². The largest absolute Gasteiger partial charge is 0.301 e. The van der Waals surface area contributed by atoms with Crippen molar-refractivity contribution < 1.29 is 0 Å². The van der Waals surface area contributed by atoms with Gasteiger partial charge in [0.1, 0.15) is 0 Å². The van der Waals surface area contributed by atoms with Crippen molar-refractivity contribution >= 4 is 35.0 Å². The minimum Gasteiger partial charge on any atom is -0.301 e. The van der Waals surface area contributed by atoms with Crippen molar-refractivity contribution in [3.63, 3.8) is 0 Å². The van der Waals surface area contributed by atoms with E-state index in [2.05, 4.69) is 25.5 Å². The van der Waals surface area contributed by atoms with E-state index < -0.39 is 0 Å². The summed E-state index contributed by atoms with van der Waals surface area (Å²) in [5.41, 5.74) is 1.16. The number of tetrazole rings is 1. The molecule has 23 heavy (non-hydrogen) atoms. The zero-order chi connectivity index (χ0) is 16.4. The van der Waals surface area contributed by atoms with Crippen LogP contribution in [0.25, 0.3) is 5.69 Å². The Bertz CT molecular complexity index is 909. The monoisotopic (exact) mass is 368 g/mol. The molecule has 1 N–H and O–H groups in total. The lowest BCUT2D eigenvalue weighted by Crippen LogP contribution is -2.08. The van der Waals surface area contributed by atoms with E-state index in [9.17, 15) is 4.79 Å². The highest BCUT2D eigenvalue weighted by molar-refractivity contribution is 7.98. The van der Waals surface area contributed by atoms with Gasteiger partial charge in [0.25, 0.3) is 5.56 Å². The van der Waals surface area contributed by atoms with Crippen LogP contribution in [0.5, 0.6) is 0 Å². The molecule has 3 aromatic rings. The summed E-state index contributed by atoms with van der Waals surface area (Å²) >= 11 is 13.3. The third-order valence-electron chi connectivity index (χ3n) is 2.87. The maximum absolute atomic E-state index is 11.4. The molecular weight excluding hydrogens is 359 g/mol. The standard InChI is InChI=1S/C13H10Cl2N6OS/c1-7-4-12(22)17-13(16-7)23-6-11-18-19-20-21(11)8-2-3-9(14)10(15)5-8/h2-5H,6H2,1H3,(H,16,17,22). The lowest BCUT2D eigenvalue weighted by Gasteiger charge is -2.05. The molecule has 0 radical (unpaired) electrons. The maximum atomic E-state index is 11.4. The first-order chi connectivity index (χ1) is 11.0. The molecular formula is C13H10Cl2N6OS. The van der Waals surface area contributed by atoms with E-state index in [-0.39, 0.29) is 5.56 Å². The van der Waals surface area contributed by atoms with Crippen LogP contribution in [0.4, 0.5) is 0 Å². The van der Waals surface area contributed by atoms with Gasteiger partial charge in [-0.1, -0.05) is 35.0 Å². The van der Waals surface area contributed by atoms with Gasteiger partial charge in [0.05, 0.1) is 21.5 Å². The van der Waals surface area contributed by atoms with E-state index in [1.807, 2.05) is 0 Å². The third kappa shape index (κ3) is 3.72. The second-order valence-corrected chi connectivity index (χ2v) is 6.36. The zero-order valence-electron chi connectivity index (χ0n) is 11.8. The number of nitrogens with one attached hydrogen (secondary N) is 1. The number of H-pyrrole nitrogens is 1. The molecule has 3 rings (SSSR count). The van der Waals surface area contributed by atoms with E-state index in [1.165, 1.54) is 17.8 Å². The number of benzene rings is 1. The van der Waals surface area contributed by atoms with E-state index in [0.717, 1.165) is 0 Å². The summed E-state index contributed by atoms with van der Waals surface area (Å²) in [7, 11) is 0. The number of hydrogen-bond donors (Lipinski definition) is 1. The van der Waals surface area contributed by atoms with Crippen LogP contribution in [-0.2, 0) is 5.75 Å². The van der Waals surface area contributed by atoms with Gasteiger partial charge in [-0.15, -0.1) is 5.10 Å². The summed E-state index contributed by atoms with van der Waals surface area (Å²) in [6.45, 7) is 1.76. The smallest absolute Gasteiger partial charge is 0.251 e. The van der Waals surface area contributed by atoms with Crippen molar-refractivity contribution in [2.24, 2.45) is 0 Å². The number of aromatic nitrogens is 6. The first-order valence-electron chi connectivity index (χ1n) is 6.46. The van der Waals surface area contributed by atoms with Crippen molar-refractivity contribution in [3.8, 4) is 5.69 Å². The van der Waals surface area contributed by atoms with Gasteiger partial charge >= 0.3 is 0 Å². The first kappa shape index (κ1) is 16.0. The number of hydrogen-bond acceptors (Lipinski definition) is 6. The average molecular weight is 369 g/mol. The summed E-state index contributed by atoms with van der Waals surface area (Å²) in [6, 6.07) is 6.56. The van der Waals surface area contributed by atoms with Crippen LogP contribution in [-0.4, -0.2) is 30.2 Å². The predicted molar refractivity (Wildman–Crippen MR) is 88.3 cm³/mol. The summed E-state index contributed by atoms with van der Waals surface area (Å²) in [4.78, 5) is 18.4. The molecule has 1 aromatic carbocycles. The van der Waals surface area contributed by atoms with Gasteiger partial charge in [0, 0.05) is 11.8 Å². The molecule has 2 aromatic heterocycles. The maximum Gasteiger partial charge on any atom is 0.251 e. The van der Waals surface area contributed by atoms with Crippen LogP contribution < -0.4 is 5.56 Å². The molecule has 118 valence electrons. The molecule has 0 atom stereocenters. The predicted octanol–water partition coefficient (Wildman–Crippen LogP) is 2.65. The Morgan fingerprint density at radius 2 is 2.09 bits per heavy atom. The van der Waals surface area contributed by atoms with Gasteiger partial charge < -0.3 is 4.98 Å². The topological polar surface area (TPSA) is 89.4 Å². The molecule has 0 aliphatic heterocycles. The Kier molecular flexibility index (Phi) is 4.65. The van der Waals surface area contributed by atoms with E-state index in [0.29, 0.717) is 38.2 Å². The molecule has 0 fully saturated rings. The van der Waals surface area contributed by atoms with E-state index >= 15 is 0 Å². The highest BCUT2D eigenvalue weighted by Gasteiger charge is 2.11. The molecule has 0 spiro atoms. The Labute approximate surface area is 145 Å². The van der Waals surface area contributed by atoms with Crippen molar-refractivity contribution in [3.05, 3.63) is 56.2 Å². The number of nitrogens with zero attached hydrogens (tertiary/aromatic N) is 5. The minimum atomic E-state index is -0.191. The third-order valence-corrected chi connectivity index (χ3v) is 4.48. The molecule has 2 heterocycles. The van der Waals surface area contributed by atoms with Gasteiger partial charge in [-0.05, 0) is 35.5 Å². The molecule has 0 aliphatic rings. The molecule has 0 saturated carbocycles. The Balaban J connectivity index is 1.83. The van der Waals surface area contributed by atoms with Gasteiger partial charge in [-0.25, -0.2) is 4.98 Å². The second kappa shape index (κ2) is 6.69. The highest BCUT2D eigenvalue weighted by atomic mass is 35.5. The first-order valence-corrected chi connectivity index (χ1v) is 8.20. The van der Waals surface area contributed by atoms with Crippen molar-refractivity contribution in [2.75, 3.05) is 0 Å². The Morgan fingerprint density at radius 1 is 1.26 bits per heavy atom. The molecule has 0 aliphatic carbocycles. The quantitative estimate of drug-likeness (QED) is 0.562. The second-order valence-electron chi connectivity index (χ2n) is 4.59. The lowest BCUT2D eigenvalue weighted by atomic mass is 10.3. The van der Waals surface area contributed by atoms with Crippen LogP contribution in [0.2, 0.25) is 10.0 Å². The Morgan fingerprint density at radius 3 is 2.83 bits per heavy atom. The molecule has 0 amide bonds. The van der Waals surface area contributed by atoms with Crippen LogP contribution in [0.1, 0.15) is 11.5 Å².